The van der Waals surface area contributed by atoms with Crippen LogP contribution in [0, 0.1) is 0 Å². The highest BCUT2D eigenvalue weighted by Gasteiger charge is 2.17. The number of rotatable bonds is 7. The number of nitrogens with one attached hydrogen (secondary N) is 1. The molecule has 0 aliphatic rings. The Labute approximate surface area is 92.0 Å². The average Bonchev–Trinajstić information content (AvgIpc) is 2.14. The molecular formula is C11H23NO3. The predicted molar refractivity (Wildman–Crippen MR) is 59.6 cm³/mol. The van der Waals surface area contributed by atoms with Gasteiger partial charge in [0.15, 0.2) is 0 Å². The summed E-state index contributed by atoms with van der Waals surface area (Å²) in [4.78, 5) is 11.3. The van der Waals surface area contributed by atoms with Crippen LogP contribution in [-0.4, -0.2) is 35.9 Å². The molecule has 0 radical (unpaired) electrons. The van der Waals surface area contributed by atoms with E-state index in [1.54, 1.807) is 6.92 Å². The number of carbonyl (C=O) groups is 1. The van der Waals surface area contributed by atoms with Crippen LogP contribution >= 0.6 is 0 Å². The minimum Gasteiger partial charge on any atom is -0.388 e. The van der Waals surface area contributed by atoms with Crippen LogP contribution in [0.4, 0.5) is 0 Å². The molecule has 0 saturated carbocycles. The lowest BCUT2D eigenvalue weighted by atomic mass is 10.0. The van der Waals surface area contributed by atoms with Crippen molar-refractivity contribution in [3.63, 3.8) is 0 Å². The van der Waals surface area contributed by atoms with Crippen molar-refractivity contribution in [2.75, 3.05) is 13.2 Å². The van der Waals surface area contributed by atoms with Gasteiger partial charge in [-0.2, -0.15) is 0 Å². The van der Waals surface area contributed by atoms with E-state index in [4.69, 9.17) is 4.74 Å². The average molecular weight is 217 g/mol. The van der Waals surface area contributed by atoms with Crippen LogP contribution in [0.3, 0.4) is 0 Å². The lowest BCUT2D eigenvalue weighted by Crippen LogP contribution is -2.40. The first-order chi connectivity index (χ1) is 6.87. The van der Waals surface area contributed by atoms with Crippen LogP contribution in [-0.2, 0) is 9.53 Å². The Bertz CT molecular complexity index is 190. The van der Waals surface area contributed by atoms with Gasteiger partial charge in [0.05, 0.1) is 18.3 Å². The highest BCUT2D eigenvalue weighted by Crippen LogP contribution is 2.05. The first-order valence-electron chi connectivity index (χ1n) is 5.48. The van der Waals surface area contributed by atoms with Gasteiger partial charge in [0, 0.05) is 13.0 Å². The largest absolute Gasteiger partial charge is 0.388 e. The molecule has 0 aromatic heterocycles. The molecule has 0 heterocycles. The first kappa shape index (κ1) is 14.4. The summed E-state index contributed by atoms with van der Waals surface area (Å²) in [7, 11) is 0. The molecule has 0 spiro atoms. The van der Waals surface area contributed by atoms with E-state index in [0.717, 1.165) is 0 Å². The minimum atomic E-state index is -0.811. The lowest BCUT2D eigenvalue weighted by Gasteiger charge is -2.21. The van der Waals surface area contributed by atoms with Crippen molar-refractivity contribution in [2.45, 2.75) is 52.2 Å². The summed E-state index contributed by atoms with van der Waals surface area (Å²) in [5, 5.41) is 12.3. The van der Waals surface area contributed by atoms with E-state index >= 15 is 0 Å². The second-order valence-corrected chi connectivity index (χ2v) is 4.30. The second kappa shape index (κ2) is 6.80. The van der Waals surface area contributed by atoms with Crippen molar-refractivity contribution in [3.8, 4) is 0 Å². The highest BCUT2D eigenvalue weighted by molar-refractivity contribution is 5.76. The number of hydrogen-bond donors (Lipinski definition) is 2. The van der Waals surface area contributed by atoms with Gasteiger partial charge in [-0.25, -0.2) is 0 Å². The molecule has 0 aromatic rings. The topological polar surface area (TPSA) is 58.6 Å². The van der Waals surface area contributed by atoms with Crippen LogP contribution in [0.2, 0.25) is 0 Å². The second-order valence-electron chi connectivity index (χ2n) is 4.30. The van der Waals surface area contributed by atoms with E-state index in [0.29, 0.717) is 26.0 Å². The Hall–Kier alpha value is -0.610. The van der Waals surface area contributed by atoms with Crippen molar-refractivity contribution in [2.24, 2.45) is 0 Å². The van der Waals surface area contributed by atoms with E-state index in [2.05, 4.69) is 5.32 Å². The molecular weight excluding hydrogens is 194 g/mol. The van der Waals surface area contributed by atoms with E-state index < -0.39 is 5.60 Å². The van der Waals surface area contributed by atoms with E-state index in [-0.39, 0.29) is 12.0 Å². The zero-order chi connectivity index (χ0) is 11.9. The van der Waals surface area contributed by atoms with Crippen molar-refractivity contribution >= 4 is 5.91 Å². The summed E-state index contributed by atoms with van der Waals surface area (Å²) >= 11 is 0. The summed E-state index contributed by atoms with van der Waals surface area (Å²) in [5.74, 6) is -0.0793. The van der Waals surface area contributed by atoms with Gasteiger partial charge in [-0.3, -0.25) is 4.79 Å². The van der Waals surface area contributed by atoms with Gasteiger partial charge in [0.2, 0.25) is 5.91 Å². The highest BCUT2D eigenvalue weighted by atomic mass is 16.5. The summed E-state index contributed by atoms with van der Waals surface area (Å²) in [6.07, 6.45) is 1.12. The molecule has 1 amide bonds. The molecule has 0 fully saturated rings. The fourth-order valence-electron chi connectivity index (χ4n) is 0.890. The number of carbonyl (C=O) groups excluding carboxylic acids is 1. The molecule has 0 aliphatic carbocycles. The van der Waals surface area contributed by atoms with E-state index in [1.807, 2.05) is 20.8 Å². The molecule has 0 rings (SSSR count). The maximum atomic E-state index is 11.3. The Morgan fingerprint density at radius 1 is 1.53 bits per heavy atom. The minimum absolute atomic E-state index is 0.0793. The van der Waals surface area contributed by atoms with Crippen LogP contribution in [0.1, 0.15) is 40.5 Å². The molecule has 0 aliphatic heterocycles. The fourth-order valence-corrected chi connectivity index (χ4v) is 0.890. The van der Waals surface area contributed by atoms with Crippen LogP contribution in [0.15, 0.2) is 0 Å². The third-order valence-electron chi connectivity index (χ3n) is 2.21. The smallest absolute Gasteiger partial charge is 0.222 e. The van der Waals surface area contributed by atoms with E-state index in [1.165, 1.54) is 0 Å². The Morgan fingerprint density at radius 3 is 2.60 bits per heavy atom. The zero-order valence-electron chi connectivity index (χ0n) is 10.2. The summed E-state index contributed by atoms with van der Waals surface area (Å²) in [6, 6.07) is 0. The molecule has 1 atom stereocenters. The Balaban J connectivity index is 3.58. The molecule has 0 saturated heterocycles. The van der Waals surface area contributed by atoms with Gasteiger partial charge in [-0.1, -0.05) is 6.92 Å². The molecule has 4 nitrogen and oxygen atoms in total. The monoisotopic (exact) mass is 217 g/mol. The van der Waals surface area contributed by atoms with Crippen LogP contribution in [0.5, 0.6) is 0 Å². The van der Waals surface area contributed by atoms with Crippen molar-refractivity contribution < 1.29 is 14.6 Å². The predicted octanol–water partition coefficient (Wildman–Crippen LogP) is 1.08. The molecule has 2 N–H and O–H groups in total. The zero-order valence-corrected chi connectivity index (χ0v) is 10.2. The van der Waals surface area contributed by atoms with Crippen molar-refractivity contribution in [3.05, 3.63) is 0 Å². The molecule has 0 aromatic carbocycles. The number of ether oxygens (including phenoxy) is 1. The molecule has 90 valence electrons. The third-order valence-corrected chi connectivity index (χ3v) is 2.21. The number of amides is 1. The summed E-state index contributed by atoms with van der Waals surface area (Å²) < 4.78 is 5.25. The Morgan fingerprint density at radius 2 is 2.13 bits per heavy atom. The summed E-state index contributed by atoms with van der Waals surface area (Å²) in [6.45, 7) is 8.17. The van der Waals surface area contributed by atoms with Gasteiger partial charge in [0.1, 0.15) is 0 Å². The van der Waals surface area contributed by atoms with Crippen LogP contribution < -0.4 is 5.32 Å². The maximum absolute atomic E-state index is 11.3. The van der Waals surface area contributed by atoms with Crippen LogP contribution in [0.25, 0.3) is 0 Å². The lowest BCUT2D eigenvalue weighted by molar-refractivity contribution is -0.123. The standard InChI is InChI=1S/C11H23NO3/c1-5-11(4,14)8-12-10(13)6-7-15-9(2)3/h9,14H,5-8H2,1-4H3,(H,12,13). The first-order valence-corrected chi connectivity index (χ1v) is 5.48. The summed E-state index contributed by atoms with van der Waals surface area (Å²) in [5.41, 5.74) is -0.811. The van der Waals surface area contributed by atoms with Gasteiger partial charge >= 0.3 is 0 Å². The normalized spacial score (nSPS) is 15.1. The maximum Gasteiger partial charge on any atom is 0.222 e. The quantitative estimate of drug-likeness (QED) is 0.671. The SMILES string of the molecule is CCC(C)(O)CNC(=O)CCOC(C)C. The number of aliphatic hydroxyl groups is 1. The fraction of sp³-hybridized carbons (Fsp3) is 0.909. The Kier molecular flexibility index (Phi) is 6.52. The molecule has 1 unspecified atom stereocenters. The molecule has 4 heteroatoms. The number of hydrogen-bond acceptors (Lipinski definition) is 3. The molecule has 15 heavy (non-hydrogen) atoms. The van der Waals surface area contributed by atoms with Gasteiger partial charge < -0.3 is 15.2 Å². The van der Waals surface area contributed by atoms with Gasteiger partial charge in [-0.15, -0.1) is 0 Å². The van der Waals surface area contributed by atoms with Crippen molar-refractivity contribution in [1.82, 2.24) is 5.32 Å². The van der Waals surface area contributed by atoms with Gasteiger partial charge in [-0.05, 0) is 27.2 Å². The van der Waals surface area contributed by atoms with Gasteiger partial charge in [0.25, 0.3) is 0 Å². The molecule has 0 bridgehead atoms. The van der Waals surface area contributed by atoms with E-state index in [9.17, 15) is 9.90 Å². The van der Waals surface area contributed by atoms with Crippen molar-refractivity contribution in [1.29, 1.82) is 0 Å². The third kappa shape index (κ3) is 8.39.